The van der Waals surface area contributed by atoms with Gasteiger partial charge >= 0.3 is 0 Å². The van der Waals surface area contributed by atoms with Crippen molar-refractivity contribution in [2.75, 3.05) is 6.54 Å². The zero-order valence-corrected chi connectivity index (χ0v) is 8.33. The number of nitrogens with zero attached hydrogens (tertiary/aromatic N) is 2. The normalized spacial score (nSPS) is 12.8. The standard InChI is InChI=1S/C10H17N3/c1-4-7-11-9(5-2)10-6-8-13(3)12-10/h5-6,8-9,11H,2,4,7H2,1,3H3. The van der Waals surface area contributed by atoms with Crippen LogP contribution in [0.5, 0.6) is 0 Å². The third-order valence-electron chi connectivity index (χ3n) is 1.90. The van der Waals surface area contributed by atoms with Crippen molar-refractivity contribution in [3.05, 3.63) is 30.6 Å². The fraction of sp³-hybridized carbons (Fsp3) is 0.500. The van der Waals surface area contributed by atoms with Gasteiger partial charge in [-0.15, -0.1) is 6.58 Å². The van der Waals surface area contributed by atoms with Crippen LogP contribution in [0, 0.1) is 0 Å². The maximum absolute atomic E-state index is 4.32. The molecule has 1 N–H and O–H groups in total. The van der Waals surface area contributed by atoms with Crippen molar-refractivity contribution in [1.82, 2.24) is 15.1 Å². The molecule has 0 spiro atoms. The van der Waals surface area contributed by atoms with E-state index in [1.54, 1.807) is 4.68 Å². The molecule has 1 atom stereocenters. The number of hydrogen-bond acceptors (Lipinski definition) is 2. The Bertz CT molecular complexity index is 265. The first-order chi connectivity index (χ1) is 6.27. The predicted molar refractivity (Wildman–Crippen MR) is 54.4 cm³/mol. The maximum Gasteiger partial charge on any atom is 0.0832 e. The summed E-state index contributed by atoms with van der Waals surface area (Å²) in [6.45, 7) is 6.93. The predicted octanol–water partition coefficient (Wildman–Crippen LogP) is 1.65. The largest absolute Gasteiger partial charge is 0.305 e. The lowest BCUT2D eigenvalue weighted by atomic mass is 10.2. The summed E-state index contributed by atoms with van der Waals surface area (Å²) in [5.41, 5.74) is 1.03. The van der Waals surface area contributed by atoms with Crippen molar-refractivity contribution in [2.24, 2.45) is 7.05 Å². The van der Waals surface area contributed by atoms with E-state index < -0.39 is 0 Å². The summed E-state index contributed by atoms with van der Waals surface area (Å²) < 4.78 is 1.81. The lowest BCUT2D eigenvalue weighted by Gasteiger charge is -2.10. The zero-order valence-electron chi connectivity index (χ0n) is 8.33. The van der Waals surface area contributed by atoms with Gasteiger partial charge in [0.1, 0.15) is 0 Å². The van der Waals surface area contributed by atoms with Gasteiger partial charge in [0.05, 0.1) is 11.7 Å². The van der Waals surface area contributed by atoms with E-state index in [0.717, 1.165) is 18.7 Å². The number of rotatable bonds is 5. The van der Waals surface area contributed by atoms with Gasteiger partial charge in [0.15, 0.2) is 0 Å². The Morgan fingerprint density at radius 1 is 1.77 bits per heavy atom. The molecule has 1 rings (SSSR count). The highest BCUT2D eigenvalue weighted by Gasteiger charge is 2.07. The van der Waals surface area contributed by atoms with Gasteiger partial charge in [-0.05, 0) is 19.0 Å². The molecule has 0 saturated carbocycles. The van der Waals surface area contributed by atoms with E-state index in [2.05, 4.69) is 23.9 Å². The number of aryl methyl sites for hydroxylation is 1. The molecule has 0 saturated heterocycles. The second kappa shape index (κ2) is 4.82. The molecule has 1 aromatic rings. The third-order valence-corrected chi connectivity index (χ3v) is 1.90. The molecule has 1 aromatic heterocycles. The van der Waals surface area contributed by atoms with Gasteiger partial charge in [-0.2, -0.15) is 5.10 Å². The molecule has 3 heteroatoms. The Balaban J connectivity index is 2.61. The third kappa shape index (κ3) is 2.70. The molecular weight excluding hydrogens is 162 g/mol. The van der Waals surface area contributed by atoms with Crippen molar-refractivity contribution >= 4 is 0 Å². The number of hydrogen-bond donors (Lipinski definition) is 1. The summed E-state index contributed by atoms with van der Waals surface area (Å²) in [4.78, 5) is 0. The highest BCUT2D eigenvalue weighted by Crippen LogP contribution is 2.10. The van der Waals surface area contributed by atoms with Crippen LogP contribution in [0.15, 0.2) is 24.9 Å². The van der Waals surface area contributed by atoms with Crippen LogP contribution >= 0.6 is 0 Å². The molecule has 0 radical (unpaired) electrons. The van der Waals surface area contributed by atoms with Crippen LogP contribution in [-0.4, -0.2) is 16.3 Å². The monoisotopic (exact) mass is 179 g/mol. The van der Waals surface area contributed by atoms with E-state index >= 15 is 0 Å². The Morgan fingerprint density at radius 3 is 3.00 bits per heavy atom. The lowest BCUT2D eigenvalue weighted by Crippen LogP contribution is -2.20. The lowest BCUT2D eigenvalue weighted by molar-refractivity contribution is 0.589. The van der Waals surface area contributed by atoms with Gasteiger partial charge in [0.2, 0.25) is 0 Å². The van der Waals surface area contributed by atoms with Crippen LogP contribution in [0.1, 0.15) is 25.1 Å². The highest BCUT2D eigenvalue weighted by molar-refractivity contribution is 5.11. The summed E-state index contributed by atoms with van der Waals surface area (Å²) in [6.07, 6.45) is 4.95. The van der Waals surface area contributed by atoms with E-state index in [0.29, 0.717) is 0 Å². The molecule has 0 aliphatic rings. The van der Waals surface area contributed by atoms with E-state index in [1.807, 2.05) is 25.4 Å². The maximum atomic E-state index is 4.32. The molecule has 1 unspecified atom stereocenters. The molecule has 3 nitrogen and oxygen atoms in total. The molecule has 1 heterocycles. The van der Waals surface area contributed by atoms with Crippen LogP contribution in [0.25, 0.3) is 0 Å². The quantitative estimate of drug-likeness (QED) is 0.696. The van der Waals surface area contributed by atoms with E-state index in [1.165, 1.54) is 0 Å². The Hall–Kier alpha value is -1.09. The minimum Gasteiger partial charge on any atom is -0.305 e. The average molecular weight is 179 g/mol. The fourth-order valence-corrected chi connectivity index (χ4v) is 1.21. The van der Waals surface area contributed by atoms with Crippen molar-refractivity contribution in [3.8, 4) is 0 Å². The molecule has 13 heavy (non-hydrogen) atoms. The van der Waals surface area contributed by atoms with Crippen LogP contribution < -0.4 is 5.32 Å². The van der Waals surface area contributed by atoms with Crippen molar-refractivity contribution in [1.29, 1.82) is 0 Å². The van der Waals surface area contributed by atoms with Crippen LogP contribution in [0.4, 0.5) is 0 Å². The molecule has 0 aliphatic heterocycles. The van der Waals surface area contributed by atoms with Crippen molar-refractivity contribution in [3.63, 3.8) is 0 Å². The first kappa shape index (κ1) is 9.99. The van der Waals surface area contributed by atoms with Crippen LogP contribution in [-0.2, 0) is 7.05 Å². The summed E-state index contributed by atoms with van der Waals surface area (Å²) >= 11 is 0. The molecule has 0 fully saturated rings. The summed E-state index contributed by atoms with van der Waals surface area (Å²) in [5.74, 6) is 0. The highest BCUT2D eigenvalue weighted by atomic mass is 15.3. The Kier molecular flexibility index (Phi) is 3.71. The van der Waals surface area contributed by atoms with Gasteiger partial charge < -0.3 is 5.32 Å². The first-order valence-electron chi connectivity index (χ1n) is 4.63. The van der Waals surface area contributed by atoms with Gasteiger partial charge in [-0.25, -0.2) is 0 Å². The second-order valence-corrected chi connectivity index (χ2v) is 3.08. The SMILES string of the molecule is C=CC(NCCC)c1ccn(C)n1. The number of aromatic nitrogens is 2. The summed E-state index contributed by atoms with van der Waals surface area (Å²) in [6, 6.07) is 2.19. The molecule has 0 bridgehead atoms. The minimum absolute atomic E-state index is 0.182. The van der Waals surface area contributed by atoms with Crippen LogP contribution in [0.2, 0.25) is 0 Å². The van der Waals surface area contributed by atoms with Crippen molar-refractivity contribution < 1.29 is 0 Å². The summed E-state index contributed by atoms with van der Waals surface area (Å²) in [7, 11) is 1.92. The van der Waals surface area contributed by atoms with Crippen LogP contribution in [0.3, 0.4) is 0 Å². The van der Waals surface area contributed by atoms with Gasteiger partial charge in [0, 0.05) is 13.2 Å². The fourth-order valence-electron chi connectivity index (χ4n) is 1.21. The van der Waals surface area contributed by atoms with Gasteiger partial charge in [-0.1, -0.05) is 13.0 Å². The Labute approximate surface area is 79.5 Å². The summed E-state index contributed by atoms with van der Waals surface area (Å²) in [5, 5.41) is 7.67. The molecule has 0 aliphatic carbocycles. The van der Waals surface area contributed by atoms with Crippen molar-refractivity contribution in [2.45, 2.75) is 19.4 Å². The Morgan fingerprint density at radius 2 is 2.54 bits per heavy atom. The second-order valence-electron chi connectivity index (χ2n) is 3.08. The van der Waals surface area contributed by atoms with E-state index in [-0.39, 0.29) is 6.04 Å². The average Bonchev–Trinajstić information content (AvgIpc) is 2.54. The number of nitrogens with one attached hydrogen (secondary N) is 1. The zero-order chi connectivity index (χ0) is 9.68. The molecule has 0 aromatic carbocycles. The molecular formula is C10H17N3. The molecule has 0 amide bonds. The topological polar surface area (TPSA) is 29.9 Å². The smallest absolute Gasteiger partial charge is 0.0832 e. The van der Waals surface area contributed by atoms with E-state index in [9.17, 15) is 0 Å². The van der Waals surface area contributed by atoms with E-state index in [4.69, 9.17) is 0 Å². The first-order valence-corrected chi connectivity index (χ1v) is 4.63. The van der Waals surface area contributed by atoms with Gasteiger partial charge in [-0.3, -0.25) is 4.68 Å². The molecule has 72 valence electrons. The van der Waals surface area contributed by atoms with Gasteiger partial charge in [0.25, 0.3) is 0 Å². The minimum atomic E-state index is 0.182.